The van der Waals surface area contributed by atoms with Crippen molar-refractivity contribution in [3.63, 3.8) is 0 Å². The smallest absolute Gasteiger partial charge is 0.190 e. The lowest BCUT2D eigenvalue weighted by Gasteiger charge is -2.00. The summed E-state index contributed by atoms with van der Waals surface area (Å²) in [6.07, 6.45) is 2.73. The van der Waals surface area contributed by atoms with Gasteiger partial charge in [0.15, 0.2) is 5.88 Å². The maximum atomic E-state index is 5.28. The number of hydrogen-bond donors (Lipinski definition) is 2. The molecule has 0 saturated heterocycles. The summed E-state index contributed by atoms with van der Waals surface area (Å²) < 4.78 is 5.25. The second-order valence-corrected chi connectivity index (χ2v) is 2.03. The van der Waals surface area contributed by atoms with Crippen LogP contribution < -0.4 is 10.5 Å². The highest BCUT2D eigenvalue weighted by atomic mass is 16.5. The second-order valence-electron chi connectivity index (χ2n) is 2.03. The zero-order chi connectivity index (χ0) is 7.23. The third-order valence-electron chi connectivity index (χ3n) is 1.18. The van der Waals surface area contributed by atoms with Crippen molar-refractivity contribution in [1.82, 2.24) is 4.98 Å². The summed E-state index contributed by atoms with van der Waals surface area (Å²) in [5, 5.41) is 0. The molecule has 0 spiro atoms. The molecule has 10 heavy (non-hydrogen) atoms. The maximum absolute atomic E-state index is 5.28. The Morgan fingerprint density at radius 2 is 2.50 bits per heavy atom. The average molecular weight is 140 g/mol. The van der Waals surface area contributed by atoms with E-state index in [0.717, 1.165) is 12.3 Å². The standard InChI is InChI=1S/C7H12N2O/c8-4-2-6-10-7-3-1-5-9-7/h1,3,5,9H,2,4,6,8H2. The van der Waals surface area contributed by atoms with E-state index in [2.05, 4.69) is 4.98 Å². The third-order valence-corrected chi connectivity index (χ3v) is 1.18. The Labute approximate surface area is 60.2 Å². The van der Waals surface area contributed by atoms with E-state index in [1.165, 1.54) is 0 Å². The van der Waals surface area contributed by atoms with E-state index in [1.807, 2.05) is 18.3 Å². The van der Waals surface area contributed by atoms with Gasteiger partial charge in [0.05, 0.1) is 6.61 Å². The molecule has 56 valence electrons. The summed E-state index contributed by atoms with van der Waals surface area (Å²) in [5.41, 5.74) is 5.28. The summed E-state index contributed by atoms with van der Waals surface area (Å²) >= 11 is 0. The molecule has 0 aromatic carbocycles. The van der Waals surface area contributed by atoms with Crippen LogP contribution in [-0.4, -0.2) is 18.1 Å². The molecule has 0 saturated carbocycles. The first-order valence-electron chi connectivity index (χ1n) is 3.40. The molecule has 0 radical (unpaired) electrons. The number of aromatic amines is 1. The molecule has 1 heterocycles. The first kappa shape index (κ1) is 7.15. The van der Waals surface area contributed by atoms with E-state index in [-0.39, 0.29) is 0 Å². The van der Waals surface area contributed by atoms with Gasteiger partial charge in [-0.1, -0.05) is 0 Å². The number of aromatic nitrogens is 1. The van der Waals surface area contributed by atoms with Crippen LogP contribution in [0.15, 0.2) is 18.3 Å². The molecule has 0 unspecified atom stereocenters. The van der Waals surface area contributed by atoms with Gasteiger partial charge in [0.2, 0.25) is 0 Å². The molecule has 3 heteroatoms. The van der Waals surface area contributed by atoms with Crippen molar-refractivity contribution >= 4 is 0 Å². The van der Waals surface area contributed by atoms with Crippen molar-refractivity contribution < 1.29 is 4.74 Å². The van der Waals surface area contributed by atoms with Crippen LogP contribution in [-0.2, 0) is 0 Å². The first-order valence-corrected chi connectivity index (χ1v) is 3.40. The molecule has 0 bridgehead atoms. The molecular weight excluding hydrogens is 128 g/mol. The number of H-pyrrole nitrogens is 1. The predicted molar refractivity (Wildman–Crippen MR) is 40.0 cm³/mol. The van der Waals surface area contributed by atoms with Crippen molar-refractivity contribution in [3.05, 3.63) is 18.3 Å². The molecule has 3 N–H and O–H groups in total. The lowest BCUT2D eigenvalue weighted by atomic mass is 10.5. The van der Waals surface area contributed by atoms with Gasteiger partial charge in [-0.3, -0.25) is 0 Å². The predicted octanol–water partition coefficient (Wildman–Crippen LogP) is 0.742. The SMILES string of the molecule is NCCCOc1ccc[nH]1. The van der Waals surface area contributed by atoms with E-state index in [9.17, 15) is 0 Å². The lowest BCUT2D eigenvalue weighted by molar-refractivity contribution is 0.303. The largest absolute Gasteiger partial charge is 0.479 e. The third kappa shape index (κ3) is 2.11. The van der Waals surface area contributed by atoms with Crippen LogP contribution in [0.4, 0.5) is 0 Å². The van der Waals surface area contributed by atoms with Gasteiger partial charge in [-0.15, -0.1) is 0 Å². The first-order chi connectivity index (χ1) is 4.93. The molecule has 0 aliphatic heterocycles. The summed E-state index contributed by atoms with van der Waals surface area (Å²) in [6.45, 7) is 1.37. The van der Waals surface area contributed by atoms with Crippen LogP contribution in [0.3, 0.4) is 0 Å². The highest BCUT2D eigenvalue weighted by Crippen LogP contribution is 2.03. The second kappa shape index (κ2) is 3.95. The minimum absolute atomic E-state index is 0.681. The molecule has 1 rings (SSSR count). The number of ether oxygens (including phenoxy) is 1. The van der Waals surface area contributed by atoms with Crippen molar-refractivity contribution in [2.75, 3.05) is 13.2 Å². The number of nitrogens with two attached hydrogens (primary N) is 1. The molecule has 0 fully saturated rings. The normalized spacial score (nSPS) is 9.70. The summed E-state index contributed by atoms with van der Waals surface area (Å²) in [7, 11) is 0. The fraction of sp³-hybridized carbons (Fsp3) is 0.429. The van der Waals surface area contributed by atoms with Crippen LogP contribution in [0.5, 0.6) is 5.88 Å². The number of hydrogen-bond acceptors (Lipinski definition) is 2. The zero-order valence-corrected chi connectivity index (χ0v) is 5.84. The molecule has 0 amide bonds. The fourth-order valence-electron chi connectivity index (χ4n) is 0.669. The van der Waals surface area contributed by atoms with E-state index >= 15 is 0 Å². The molecule has 1 aromatic rings. The van der Waals surface area contributed by atoms with Gasteiger partial charge in [-0.25, -0.2) is 0 Å². The Hall–Kier alpha value is -0.960. The Morgan fingerprint density at radius 3 is 3.10 bits per heavy atom. The molecule has 1 aromatic heterocycles. The van der Waals surface area contributed by atoms with E-state index in [4.69, 9.17) is 10.5 Å². The van der Waals surface area contributed by atoms with Crippen molar-refractivity contribution in [3.8, 4) is 5.88 Å². The number of rotatable bonds is 4. The molecule has 0 atom stereocenters. The van der Waals surface area contributed by atoms with E-state index in [1.54, 1.807) is 0 Å². The van der Waals surface area contributed by atoms with Crippen molar-refractivity contribution in [2.24, 2.45) is 5.73 Å². The zero-order valence-electron chi connectivity index (χ0n) is 5.84. The molecule has 0 aliphatic rings. The van der Waals surface area contributed by atoms with Gasteiger partial charge in [0.1, 0.15) is 0 Å². The number of nitrogens with one attached hydrogen (secondary N) is 1. The van der Waals surface area contributed by atoms with Gasteiger partial charge in [-0.05, 0) is 25.1 Å². The topological polar surface area (TPSA) is 51.0 Å². The molecule has 3 nitrogen and oxygen atoms in total. The highest BCUT2D eigenvalue weighted by molar-refractivity contribution is 5.09. The van der Waals surface area contributed by atoms with Crippen LogP contribution in [0, 0.1) is 0 Å². The van der Waals surface area contributed by atoms with Gasteiger partial charge < -0.3 is 15.5 Å². The monoisotopic (exact) mass is 140 g/mol. The molecule has 0 aliphatic carbocycles. The van der Waals surface area contributed by atoms with Crippen LogP contribution >= 0.6 is 0 Å². The van der Waals surface area contributed by atoms with Crippen LogP contribution in [0.25, 0.3) is 0 Å². The van der Waals surface area contributed by atoms with E-state index < -0.39 is 0 Å². The average Bonchev–Trinajstić information content (AvgIpc) is 2.41. The summed E-state index contributed by atoms with van der Waals surface area (Å²) in [4.78, 5) is 2.93. The van der Waals surface area contributed by atoms with Crippen LogP contribution in [0.1, 0.15) is 6.42 Å². The van der Waals surface area contributed by atoms with Gasteiger partial charge >= 0.3 is 0 Å². The van der Waals surface area contributed by atoms with Crippen LogP contribution in [0.2, 0.25) is 0 Å². The minimum atomic E-state index is 0.681. The minimum Gasteiger partial charge on any atom is -0.479 e. The Kier molecular flexibility index (Phi) is 2.83. The van der Waals surface area contributed by atoms with Crippen molar-refractivity contribution in [1.29, 1.82) is 0 Å². The Morgan fingerprint density at radius 1 is 1.60 bits per heavy atom. The lowest BCUT2D eigenvalue weighted by Crippen LogP contribution is -2.05. The molecular formula is C7H12N2O. The summed E-state index contributed by atoms with van der Waals surface area (Å²) in [6, 6.07) is 3.79. The summed E-state index contributed by atoms with van der Waals surface area (Å²) in [5.74, 6) is 0.813. The Balaban J connectivity index is 2.15. The Bertz CT molecular complexity index is 160. The van der Waals surface area contributed by atoms with E-state index in [0.29, 0.717) is 13.2 Å². The van der Waals surface area contributed by atoms with Gasteiger partial charge in [0.25, 0.3) is 0 Å². The maximum Gasteiger partial charge on any atom is 0.190 e. The quantitative estimate of drug-likeness (QED) is 0.606. The van der Waals surface area contributed by atoms with Crippen molar-refractivity contribution in [2.45, 2.75) is 6.42 Å². The van der Waals surface area contributed by atoms with Gasteiger partial charge in [-0.2, -0.15) is 0 Å². The van der Waals surface area contributed by atoms with Gasteiger partial charge in [0, 0.05) is 6.20 Å². The highest BCUT2D eigenvalue weighted by Gasteiger charge is 1.89. The fourth-order valence-corrected chi connectivity index (χ4v) is 0.669.